The zero-order valence-corrected chi connectivity index (χ0v) is 7.18. The average molecular weight is 155 g/mol. The Morgan fingerprint density at radius 2 is 1.91 bits per heavy atom. The highest BCUT2D eigenvalue weighted by atomic mass is 16.1. The van der Waals surface area contributed by atoms with Gasteiger partial charge in [-0.15, -0.1) is 0 Å². The summed E-state index contributed by atoms with van der Waals surface area (Å²) in [6.07, 6.45) is 4.81. The van der Waals surface area contributed by atoms with Gasteiger partial charge < -0.3 is 5.73 Å². The fourth-order valence-corrected chi connectivity index (χ4v) is 1.73. The van der Waals surface area contributed by atoms with Crippen molar-refractivity contribution in [2.24, 2.45) is 11.7 Å². The van der Waals surface area contributed by atoms with Gasteiger partial charge in [-0.1, -0.05) is 6.92 Å². The zero-order chi connectivity index (χ0) is 8.27. The van der Waals surface area contributed by atoms with E-state index >= 15 is 0 Å². The van der Waals surface area contributed by atoms with Gasteiger partial charge in [0, 0.05) is 18.4 Å². The molecule has 0 radical (unpaired) electrons. The zero-order valence-electron chi connectivity index (χ0n) is 7.18. The molecule has 0 spiro atoms. The Morgan fingerprint density at radius 1 is 1.36 bits per heavy atom. The first-order valence-electron chi connectivity index (χ1n) is 4.52. The van der Waals surface area contributed by atoms with Gasteiger partial charge in [0.1, 0.15) is 5.78 Å². The van der Waals surface area contributed by atoms with E-state index in [1.807, 2.05) is 6.92 Å². The van der Waals surface area contributed by atoms with Gasteiger partial charge >= 0.3 is 0 Å². The maximum Gasteiger partial charge on any atom is 0.135 e. The predicted molar refractivity (Wildman–Crippen MR) is 45.2 cm³/mol. The van der Waals surface area contributed by atoms with Crippen LogP contribution in [0.15, 0.2) is 0 Å². The van der Waals surface area contributed by atoms with E-state index < -0.39 is 0 Å². The number of carbonyl (C=O) groups is 1. The van der Waals surface area contributed by atoms with Crippen molar-refractivity contribution < 1.29 is 4.79 Å². The Morgan fingerprint density at radius 3 is 2.36 bits per heavy atom. The molecule has 0 unspecified atom stereocenters. The minimum Gasteiger partial charge on any atom is -0.328 e. The number of rotatable bonds is 2. The van der Waals surface area contributed by atoms with E-state index in [9.17, 15) is 4.79 Å². The highest BCUT2D eigenvalue weighted by Crippen LogP contribution is 2.24. The summed E-state index contributed by atoms with van der Waals surface area (Å²) in [5.74, 6) is 0.761. The molecule has 2 N–H and O–H groups in total. The molecule has 0 aromatic rings. The van der Waals surface area contributed by atoms with Crippen LogP contribution in [0.3, 0.4) is 0 Å². The van der Waals surface area contributed by atoms with Crippen LogP contribution < -0.4 is 5.73 Å². The van der Waals surface area contributed by atoms with Crippen molar-refractivity contribution in [3.8, 4) is 0 Å². The Kier molecular flexibility index (Phi) is 3.06. The monoisotopic (exact) mass is 155 g/mol. The third kappa shape index (κ3) is 2.29. The number of carbonyl (C=O) groups excluding carboxylic acids is 1. The lowest BCUT2D eigenvalue weighted by atomic mass is 9.83. The normalized spacial score (nSPS) is 31.8. The smallest absolute Gasteiger partial charge is 0.135 e. The van der Waals surface area contributed by atoms with E-state index in [-0.39, 0.29) is 0 Å². The van der Waals surface area contributed by atoms with Crippen molar-refractivity contribution in [2.45, 2.75) is 45.1 Å². The molecular formula is C9H17NO. The first kappa shape index (κ1) is 8.72. The van der Waals surface area contributed by atoms with Crippen molar-refractivity contribution in [3.63, 3.8) is 0 Å². The molecular weight excluding hydrogens is 138 g/mol. The maximum atomic E-state index is 11.2. The van der Waals surface area contributed by atoms with Crippen LogP contribution in [-0.2, 0) is 4.79 Å². The molecule has 0 saturated heterocycles. The van der Waals surface area contributed by atoms with Crippen molar-refractivity contribution in [3.05, 3.63) is 0 Å². The largest absolute Gasteiger partial charge is 0.328 e. The van der Waals surface area contributed by atoms with E-state index in [2.05, 4.69) is 0 Å². The third-order valence-corrected chi connectivity index (χ3v) is 2.58. The molecule has 11 heavy (non-hydrogen) atoms. The molecule has 1 fully saturated rings. The second-order valence-electron chi connectivity index (χ2n) is 3.43. The SMILES string of the molecule is CCC(=O)C1CCC(N)CC1. The van der Waals surface area contributed by atoms with E-state index in [1.54, 1.807) is 0 Å². The number of hydrogen-bond acceptors (Lipinski definition) is 2. The number of Topliss-reactive ketones (excluding diaryl/α,β-unsaturated/α-hetero) is 1. The van der Waals surface area contributed by atoms with Gasteiger partial charge in [-0.25, -0.2) is 0 Å². The van der Waals surface area contributed by atoms with Gasteiger partial charge in [0.05, 0.1) is 0 Å². The standard InChI is InChI=1S/C9H17NO/c1-2-9(11)7-3-5-8(10)6-4-7/h7-8H,2-6,10H2,1H3. The van der Waals surface area contributed by atoms with Crippen molar-refractivity contribution in [2.75, 3.05) is 0 Å². The summed E-state index contributed by atoms with van der Waals surface area (Å²) in [6.45, 7) is 1.94. The molecule has 0 bridgehead atoms. The topological polar surface area (TPSA) is 43.1 Å². The first-order chi connectivity index (χ1) is 5.24. The van der Waals surface area contributed by atoms with Crippen LogP contribution in [0.5, 0.6) is 0 Å². The minimum atomic E-state index is 0.333. The number of hydrogen-bond donors (Lipinski definition) is 1. The molecule has 0 amide bonds. The summed E-state index contributed by atoms with van der Waals surface area (Å²) in [5, 5.41) is 0. The lowest BCUT2D eigenvalue weighted by Crippen LogP contribution is -2.29. The molecule has 2 heteroatoms. The van der Waals surface area contributed by atoms with Crippen LogP contribution in [0.2, 0.25) is 0 Å². The summed E-state index contributed by atoms with van der Waals surface area (Å²) in [4.78, 5) is 11.2. The molecule has 0 aromatic heterocycles. The Labute approximate surface area is 68.2 Å². The molecule has 1 aliphatic rings. The van der Waals surface area contributed by atoms with Gasteiger partial charge in [0.2, 0.25) is 0 Å². The second-order valence-corrected chi connectivity index (χ2v) is 3.43. The molecule has 1 saturated carbocycles. The lowest BCUT2D eigenvalue weighted by Gasteiger charge is -2.24. The van der Waals surface area contributed by atoms with Gasteiger partial charge in [0.25, 0.3) is 0 Å². The molecule has 0 aromatic carbocycles. The van der Waals surface area contributed by atoms with Gasteiger partial charge in [-0.05, 0) is 25.7 Å². The van der Waals surface area contributed by atoms with Crippen LogP contribution in [0.25, 0.3) is 0 Å². The van der Waals surface area contributed by atoms with Crippen LogP contribution in [0.1, 0.15) is 39.0 Å². The van der Waals surface area contributed by atoms with Crippen molar-refractivity contribution >= 4 is 5.78 Å². The molecule has 2 nitrogen and oxygen atoms in total. The summed E-state index contributed by atoms with van der Waals surface area (Å²) in [6, 6.07) is 0.357. The first-order valence-corrected chi connectivity index (χ1v) is 4.52. The summed E-state index contributed by atoms with van der Waals surface area (Å²) >= 11 is 0. The highest BCUT2D eigenvalue weighted by Gasteiger charge is 2.22. The molecule has 64 valence electrons. The minimum absolute atomic E-state index is 0.333. The maximum absolute atomic E-state index is 11.2. The Hall–Kier alpha value is -0.370. The number of nitrogens with two attached hydrogens (primary N) is 1. The summed E-state index contributed by atoms with van der Waals surface area (Å²) in [5.41, 5.74) is 5.73. The molecule has 0 heterocycles. The molecule has 1 aliphatic carbocycles. The second kappa shape index (κ2) is 3.86. The molecule has 0 atom stereocenters. The van der Waals surface area contributed by atoms with E-state index in [4.69, 9.17) is 5.73 Å². The van der Waals surface area contributed by atoms with Crippen LogP contribution in [-0.4, -0.2) is 11.8 Å². The quantitative estimate of drug-likeness (QED) is 0.656. The van der Waals surface area contributed by atoms with E-state index in [0.717, 1.165) is 25.7 Å². The van der Waals surface area contributed by atoms with Gasteiger partial charge in [-0.3, -0.25) is 4.79 Å². The summed E-state index contributed by atoms with van der Waals surface area (Å²) < 4.78 is 0. The third-order valence-electron chi connectivity index (χ3n) is 2.58. The van der Waals surface area contributed by atoms with Gasteiger partial charge in [-0.2, -0.15) is 0 Å². The van der Waals surface area contributed by atoms with Crippen LogP contribution in [0, 0.1) is 5.92 Å². The van der Waals surface area contributed by atoms with Crippen LogP contribution >= 0.6 is 0 Å². The fourth-order valence-electron chi connectivity index (χ4n) is 1.73. The van der Waals surface area contributed by atoms with E-state index in [0.29, 0.717) is 24.2 Å². The molecule has 1 rings (SSSR count). The molecule has 0 aliphatic heterocycles. The average Bonchev–Trinajstić information content (AvgIpc) is 2.05. The van der Waals surface area contributed by atoms with Crippen LogP contribution in [0.4, 0.5) is 0 Å². The Bertz CT molecular complexity index is 136. The lowest BCUT2D eigenvalue weighted by molar-refractivity contribution is -0.123. The highest BCUT2D eigenvalue weighted by molar-refractivity contribution is 5.80. The van der Waals surface area contributed by atoms with Crippen molar-refractivity contribution in [1.29, 1.82) is 0 Å². The van der Waals surface area contributed by atoms with Gasteiger partial charge in [0.15, 0.2) is 0 Å². The number of ketones is 1. The Balaban J connectivity index is 2.33. The fraction of sp³-hybridized carbons (Fsp3) is 0.889. The predicted octanol–water partition coefficient (Wildman–Crippen LogP) is 1.48. The van der Waals surface area contributed by atoms with Crippen molar-refractivity contribution in [1.82, 2.24) is 0 Å². The summed E-state index contributed by atoms with van der Waals surface area (Å²) in [7, 11) is 0. The van der Waals surface area contributed by atoms with E-state index in [1.165, 1.54) is 0 Å².